The number of benzene rings is 1. The highest BCUT2D eigenvalue weighted by molar-refractivity contribution is 6.28. The zero-order chi connectivity index (χ0) is 12.7. The van der Waals surface area contributed by atoms with Crippen molar-refractivity contribution in [3.63, 3.8) is 0 Å². The van der Waals surface area contributed by atoms with Gasteiger partial charge in [-0.05, 0) is 36.7 Å². The molecule has 6 heteroatoms. The number of hydrogen-bond acceptors (Lipinski definition) is 3. The van der Waals surface area contributed by atoms with E-state index in [1.54, 1.807) is 0 Å². The normalized spacial score (nSPS) is 19.6. The third kappa shape index (κ3) is 1.79. The second kappa shape index (κ2) is 4.33. The lowest BCUT2D eigenvalue weighted by molar-refractivity contribution is 0.526. The van der Waals surface area contributed by atoms with Gasteiger partial charge in [-0.15, -0.1) is 0 Å². The molecule has 1 aromatic heterocycles. The Morgan fingerprint density at radius 2 is 2.33 bits per heavy atom. The first-order valence-corrected chi connectivity index (χ1v) is 6.12. The van der Waals surface area contributed by atoms with E-state index in [1.807, 2.05) is 0 Å². The van der Waals surface area contributed by atoms with Gasteiger partial charge in [0.15, 0.2) is 0 Å². The maximum absolute atomic E-state index is 13.1. The summed E-state index contributed by atoms with van der Waals surface area (Å²) < 4.78 is 14.6. The molecule has 3 rings (SSSR count). The fraction of sp³-hybridized carbons (Fsp3) is 0.333. The third-order valence-electron chi connectivity index (χ3n) is 3.22. The zero-order valence-corrected chi connectivity index (χ0v) is 10.2. The largest absolute Gasteiger partial charge is 0.315 e. The molecule has 1 saturated heterocycles. The summed E-state index contributed by atoms with van der Waals surface area (Å²) in [6, 6.07) is 3.96. The van der Waals surface area contributed by atoms with Crippen LogP contribution >= 0.6 is 11.6 Å². The highest BCUT2D eigenvalue weighted by atomic mass is 35.5. The van der Waals surface area contributed by atoms with Crippen LogP contribution < -0.4 is 10.9 Å². The summed E-state index contributed by atoms with van der Waals surface area (Å²) in [5.74, 6) is -0.425. The van der Waals surface area contributed by atoms with E-state index in [-0.39, 0.29) is 16.9 Å². The van der Waals surface area contributed by atoms with Gasteiger partial charge in [-0.3, -0.25) is 9.36 Å². The number of halogens is 2. The lowest BCUT2D eigenvalue weighted by Crippen LogP contribution is -2.28. The van der Waals surface area contributed by atoms with E-state index in [4.69, 9.17) is 11.6 Å². The minimum absolute atomic E-state index is 0.0203. The SMILES string of the molecule is O=c1c2ccc(F)cc2nc(Cl)n1C1CCNC1. The lowest BCUT2D eigenvalue weighted by atomic mass is 10.2. The van der Waals surface area contributed by atoms with Gasteiger partial charge in [0.25, 0.3) is 5.56 Å². The van der Waals surface area contributed by atoms with Crippen molar-refractivity contribution in [1.82, 2.24) is 14.9 Å². The van der Waals surface area contributed by atoms with Crippen LogP contribution in [0.4, 0.5) is 4.39 Å². The summed E-state index contributed by atoms with van der Waals surface area (Å²) in [5, 5.41) is 3.69. The maximum atomic E-state index is 13.1. The van der Waals surface area contributed by atoms with E-state index in [1.165, 1.54) is 22.8 Å². The molecule has 0 radical (unpaired) electrons. The Labute approximate surface area is 107 Å². The molecule has 1 fully saturated rings. The smallest absolute Gasteiger partial charge is 0.262 e. The topological polar surface area (TPSA) is 46.9 Å². The number of fused-ring (bicyclic) bond motifs is 1. The summed E-state index contributed by atoms with van der Waals surface area (Å²) in [6.45, 7) is 1.56. The quantitative estimate of drug-likeness (QED) is 0.801. The molecule has 0 amide bonds. The molecule has 1 aliphatic rings. The fourth-order valence-corrected chi connectivity index (χ4v) is 2.63. The monoisotopic (exact) mass is 267 g/mol. The van der Waals surface area contributed by atoms with Crippen LogP contribution in [0.5, 0.6) is 0 Å². The number of nitrogens with zero attached hydrogens (tertiary/aromatic N) is 2. The molecular formula is C12H11ClFN3O. The summed E-state index contributed by atoms with van der Waals surface area (Å²) >= 11 is 6.04. The first-order valence-electron chi connectivity index (χ1n) is 5.75. The van der Waals surface area contributed by atoms with E-state index in [9.17, 15) is 9.18 Å². The van der Waals surface area contributed by atoms with E-state index >= 15 is 0 Å². The summed E-state index contributed by atoms with van der Waals surface area (Å²) in [6.07, 6.45) is 0.841. The molecule has 0 saturated carbocycles. The molecule has 2 heterocycles. The zero-order valence-electron chi connectivity index (χ0n) is 9.49. The van der Waals surface area contributed by atoms with Gasteiger partial charge < -0.3 is 5.32 Å². The van der Waals surface area contributed by atoms with Crippen molar-refractivity contribution in [2.24, 2.45) is 0 Å². The molecular weight excluding hydrogens is 257 g/mol. The van der Waals surface area contributed by atoms with E-state index in [0.717, 1.165) is 13.0 Å². The summed E-state index contributed by atoms with van der Waals surface area (Å²) in [7, 11) is 0. The van der Waals surface area contributed by atoms with Gasteiger partial charge >= 0.3 is 0 Å². The molecule has 1 atom stereocenters. The van der Waals surface area contributed by atoms with Crippen molar-refractivity contribution in [2.75, 3.05) is 13.1 Å². The number of nitrogens with one attached hydrogen (secondary N) is 1. The van der Waals surface area contributed by atoms with Gasteiger partial charge in [-0.25, -0.2) is 9.37 Å². The molecule has 1 N–H and O–H groups in total. The minimum atomic E-state index is -0.425. The Morgan fingerprint density at radius 1 is 1.50 bits per heavy atom. The van der Waals surface area contributed by atoms with Crippen LogP contribution in [0, 0.1) is 5.82 Å². The van der Waals surface area contributed by atoms with E-state index in [0.29, 0.717) is 17.4 Å². The highest BCUT2D eigenvalue weighted by Gasteiger charge is 2.21. The fourth-order valence-electron chi connectivity index (χ4n) is 2.32. The highest BCUT2D eigenvalue weighted by Crippen LogP contribution is 2.20. The standard InChI is InChI=1S/C12H11ClFN3O/c13-12-16-10-5-7(14)1-2-9(10)11(18)17(12)8-3-4-15-6-8/h1-2,5,8,15H,3-4,6H2. The van der Waals surface area contributed by atoms with Crippen LogP contribution in [0.2, 0.25) is 5.28 Å². The van der Waals surface area contributed by atoms with Crippen molar-refractivity contribution < 1.29 is 4.39 Å². The number of hydrogen-bond donors (Lipinski definition) is 1. The van der Waals surface area contributed by atoms with Crippen LogP contribution in [-0.4, -0.2) is 22.6 Å². The van der Waals surface area contributed by atoms with Crippen LogP contribution in [-0.2, 0) is 0 Å². The predicted molar refractivity (Wildman–Crippen MR) is 67.5 cm³/mol. The molecule has 1 aliphatic heterocycles. The molecule has 0 aliphatic carbocycles. The Balaban J connectivity index is 2.26. The maximum Gasteiger partial charge on any atom is 0.262 e. The van der Waals surface area contributed by atoms with Crippen LogP contribution in [0.1, 0.15) is 12.5 Å². The average Bonchev–Trinajstić information content (AvgIpc) is 2.82. The van der Waals surface area contributed by atoms with Crippen molar-refractivity contribution in [3.8, 4) is 0 Å². The molecule has 18 heavy (non-hydrogen) atoms. The summed E-state index contributed by atoms with van der Waals surface area (Å²) in [4.78, 5) is 16.4. The van der Waals surface area contributed by atoms with Crippen molar-refractivity contribution in [3.05, 3.63) is 39.7 Å². The Morgan fingerprint density at radius 3 is 3.06 bits per heavy atom. The Hall–Kier alpha value is -1.46. The molecule has 1 unspecified atom stereocenters. The molecule has 4 nitrogen and oxygen atoms in total. The Bertz CT molecular complexity index is 664. The van der Waals surface area contributed by atoms with Crippen molar-refractivity contribution in [1.29, 1.82) is 0 Å². The van der Waals surface area contributed by atoms with Gasteiger partial charge in [-0.1, -0.05) is 0 Å². The summed E-state index contributed by atoms with van der Waals surface area (Å²) in [5.41, 5.74) is 0.0888. The van der Waals surface area contributed by atoms with Crippen LogP contribution in [0.25, 0.3) is 10.9 Å². The molecule has 94 valence electrons. The van der Waals surface area contributed by atoms with Crippen molar-refractivity contribution >= 4 is 22.5 Å². The average molecular weight is 268 g/mol. The molecule has 2 aromatic rings. The number of rotatable bonds is 1. The first-order chi connectivity index (χ1) is 8.66. The number of aromatic nitrogens is 2. The third-order valence-corrected chi connectivity index (χ3v) is 3.49. The van der Waals surface area contributed by atoms with E-state index in [2.05, 4.69) is 10.3 Å². The minimum Gasteiger partial charge on any atom is -0.315 e. The predicted octanol–water partition coefficient (Wildman–Crippen LogP) is 1.72. The second-order valence-corrected chi connectivity index (χ2v) is 4.70. The van der Waals surface area contributed by atoms with Gasteiger partial charge in [0, 0.05) is 12.6 Å². The lowest BCUT2D eigenvalue weighted by Gasteiger charge is -2.15. The molecule has 1 aromatic carbocycles. The van der Waals surface area contributed by atoms with Crippen LogP contribution in [0.15, 0.2) is 23.0 Å². The van der Waals surface area contributed by atoms with E-state index < -0.39 is 5.82 Å². The van der Waals surface area contributed by atoms with Gasteiger partial charge in [-0.2, -0.15) is 0 Å². The molecule has 0 spiro atoms. The van der Waals surface area contributed by atoms with Gasteiger partial charge in [0.1, 0.15) is 5.82 Å². The second-order valence-electron chi connectivity index (χ2n) is 4.36. The first kappa shape index (κ1) is 11.6. The van der Waals surface area contributed by atoms with Crippen molar-refractivity contribution in [2.45, 2.75) is 12.5 Å². The van der Waals surface area contributed by atoms with Crippen LogP contribution in [0.3, 0.4) is 0 Å². The van der Waals surface area contributed by atoms with Gasteiger partial charge in [0.2, 0.25) is 5.28 Å². The van der Waals surface area contributed by atoms with Gasteiger partial charge in [0.05, 0.1) is 16.9 Å². The molecule has 0 bridgehead atoms. The Kier molecular flexibility index (Phi) is 2.80.